The van der Waals surface area contributed by atoms with Crippen LogP contribution in [0.15, 0.2) is 0 Å². The highest BCUT2D eigenvalue weighted by molar-refractivity contribution is 4.94. The molecule has 1 heterocycles. The Bertz CT molecular complexity index is 173. The summed E-state index contributed by atoms with van der Waals surface area (Å²) in [6, 6.07) is 0.593. The summed E-state index contributed by atoms with van der Waals surface area (Å²) in [4.78, 5) is 0. The van der Waals surface area contributed by atoms with Gasteiger partial charge in [0.2, 0.25) is 0 Å². The lowest BCUT2D eigenvalue weighted by molar-refractivity contribution is -0.0442. The van der Waals surface area contributed by atoms with Gasteiger partial charge in [-0.15, -0.1) is 0 Å². The van der Waals surface area contributed by atoms with Gasteiger partial charge in [-0.25, -0.2) is 0 Å². The van der Waals surface area contributed by atoms with Crippen molar-refractivity contribution in [2.45, 2.75) is 57.1 Å². The van der Waals surface area contributed by atoms with Crippen molar-refractivity contribution < 1.29 is 5.11 Å². The van der Waals surface area contributed by atoms with E-state index in [1.807, 2.05) is 6.92 Å². The Hall–Kier alpha value is -0.0800. The molecule has 1 aliphatic carbocycles. The van der Waals surface area contributed by atoms with Crippen molar-refractivity contribution in [2.75, 3.05) is 6.54 Å². The molecule has 0 amide bonds. The van der Waals surface area contributed by atoms with Crippen LogP contribution in [0.5, 0.6) is 0 Å². The lowest BCUT2D eigenvalue weighted by atomic mass is 9.72. The molecule has 13 heavy (non-hydrogen) atoms. The zero-order chi connectivity index (χ0) is 9.31. The highest BCUT2D eigenvalue weighted by Crippen LogP contribution is 2.37. The first-order valence-corrected chi connectivity index (χ1v) is 5.66. The molecule has 76 valence electrons. The standard InChI is InChI=1S/C11H21NO/c1-11(13)7-3-2-5-9(11)10-6-4-8-12-10/h9-10,12-13H,2-8H2,1H3/t9-,10-,11-/m0/s1. The minimum absolute atomic E-state index is 0.403. The van der Waals surface area contributed by atoms with Crippen LogP contribution in [-0.2, 0) is 0 Å². The average molecular weight is 183 g/mol. The van der Waals surface area contributed by atoms with Crippen LogP contribution in [-0.4, -0.2) is 23.3 Å². The molecule has 0 radical (unpaired) electrons. The second-order valence-corrected chi connectivity index (χ2v) is 4.91. The van der Waals surface area contributed by atoms with Gasteiger partial charge < -0.3 is 10.4 Å². The fraction of sp³-hybridized carbons (Fsp3) is 1.00. The smallest absolute Gasteiger partial charge is 0.0662 e. The molecule has 0 unspecified atom stereocenters. The third kappa shape index (κ3) is 1.89. The molecule has 2 aliphatic rings. The SMILES string of the molecule is C[C@]1(O)CCCC[C@H]1[C@@H]1CCCN1. The summed E-state index contributed by atoms with van der Waals surface area (Å²) >= 11 is 0. The Morgan fingerprint density at radius 2 is 2.08 bits per heavy atom. The molecule has 1 aliphatic heterocycles. The predicted molar refractivity (Wildman–Crippen MR) is 53.6 cm³/mol. The molecule has 0 aromatic carbocycles. The molecule has 2 fully saturated rings. The molecule has 1 saturated heterocycles. The predicted octanol–water partition coefficient (Wildman–Crippen LogP) is 1.68. The molecule has 1 saturated carbocycles. The van der Waals surface area contributed by atoms with Gasteiger partial charge in [-0.2, -0.15) is 0 Å². The molecule has 0 aromatic rings. The van der Waals surface area contributed by atoms with E-state index in [4.69, 9.17) is 0 Å². The zero-order valence-corrected chi connectivity index (χ0v) is 8.55. The molecule has 3 atom stereocenters. The molecule has 0 bridgehead atoms. The lowest BCUT2D eigenvalue weighted by Gasteiger charge is -2.40. The number of hydrogen-bond acceptors (Lipinski definition) is 2. The van der Waals surface area contributed by atoms with E-state index in [-0.39, 0.29) is 0 Å². The number of hydrogen-bond donors (Lipinski definition) is 2. The van der Waals surface area contributed by atoms with E-state index in [1.165, 1.54) is 32.1 Å². The van der Waals surface area contributed by atoms with Gasteiger partial charge in [0.1, 0.15) is 0 Å². The minimum Gasteiger partial charge on any atom is -0.390 e. The van der Waals surface area contributed by atoms with Crippen LogP contribution >= 0.6 is 0 Å². The Morgan fingerprint density at radius 1 is 1.23 bits per heavy atom. The minimum atomic E-state index is -0.403. The second-order valence-electron chi connectivity index (χ2n) is 4.91. The second kappa shape index (κ2) is 3.58. The normalized spacial score (nSPS) is 46.6. The van der Waals surface area contributed by atoms with E-state index >= 15 is 0 Å². The highest BCUT2D eigenvalue weighted by atomic mass is 16.3. The number of rotatable bonds is 1. The quantitative estimate of drug-likeness (QED) is 0.648. The molecular weight excluding hydrogens is 162 g/mol. The van der Waals surface area contributed by atoms with Gasteiger partial charge in [0.15, 0.2) is 0 Å². The first kappa shape index (κ1) is 9.47. The van der Waals surface area contributed by atoms with Crippen LogP contribution in [0.2, 0.25) is 0 Å². The van der Waals surface area contributed by atoms with E-state index < -0.39 is 5.60 Å². The topological polar surface area (TPSA) is 32.3 Å². The number of aliphatic hydroxyl groups is 1. The van der Waals surface area contributed by atoms with E-state index in [0.29, 0.717) is 12.0 Å². The third-order valence-electron chi connectivity index (χ3n) is 3.83. The van der Waals surface area contributed by atoms with E-state index in [0.717, 1.165) is 13.0 Å². The monoisotopic (exact) mass is 183 g/mol. The summed E-state index contributed by atoms with van der Waals surface area (Å²) in [5, 5.41) is 13.8. The molecule has 2 N–H and O–H groups in total. The summed E-state index contributed by atoms with van der Waals surface area (Å²) < 4.78 is 0. The van der Waals surface area contributed by atoms with Crippen molar-refractivity contribution in [1.29, 1.82) is 0 Å². The fourth-order valence-corrected chi connectivity index (χ4v) is 3.03. The van der Waals surface area contributed by atoms with Crippen LogP contribution in [0, 0.1) is 5.92 Å². The maximum atomic E-state index is 10.3. The van der Waals surface area contributed by atoms with Gasteiger partial charge in [0, 0.05) is 12.0 Å². The molecule has 2 rings (SSSR count). The van der Waals surface area contributed by atoms with Crippen LogP contribution < -0.4 is 5.32 Å². The van der Waals surface area contributed by atoms with Crippen molar-refractivity contribution >= 4 is 0 Å². The Kier molecular flexibility index (Phi) is 2.61. The van der Waals surface area contributed by atoms with Gasteiger partial charge in [0.25, 0.3) is 0 Å². The van der Waals surface area contributed by atoms with Gasteiger partial charge >= 0.3 is 0 Å². The molecule has 2 heteroatoms. The molecule has 2 nitrogen and oxygen atoms in total. The van der Waals surface area contributed by atoms with Crippen molar-refractivity contribution in [2.24, 2.45) is 5.92 Å². The van der Waals surface area contributed by atoms with Crippen LogP contribution in [0.3, 0.4) is 0 Å². The van der Waals surface area contributed by atoms with Crippen LogP contribution in [0.25, 0.3) is 0 Å². The first-order valence-electron chi connectivity index (χ1n) is 5.66. The zero-order valence-electron chi connectivity index (χ0n) is 8.55. The van der Waals surface area contributed by atoms with Crippen LogP contribution in [0.4, 0.5) is 0 Å². The molecular formula is C11H21NO. The summed E-state index contributed by atoms with van der Waals surface area (Å²) in [5.41, 5.74) is -0.403. The Balaban J connectivity index is 2.02. The molecule has 0 aromatic heterocycles. The number of nitrogens with one attached hydrogen (secondary N) is 1. The van der Waals surface area contributed by atoms with E-state index in [1.54, 1.807) is 0 Å². The summed E-state index contributed by atoms with van der Waals surface area (Å²) in [7, 11) is 0. The third-order valence-corrected chi connectivity index (χ3v) is 3.83. The maximum absolute atomic E-state index is 10.3. The average Bonchev–Trinajstić information content (AvgIpc) is 2.55. The van der Waals surface area contributed by atoms with Crippen molar-refractivity contribution in [3.63, 3.8) is 0 Å². The van der Waals surface area contributed by atoms with Crippen molar-refractivity contribution in [1.82, 2.24) is 5.32 Å². The van der Waals surface area contributed by atoms with Gasteiger partial charge in [-0.05, 0) is 39.2 Å². The fourth-order valence-electron chi connectivity index (χ4n) is 3.03. The first-order chi connectivity index (χ1) is 6.20. The van der Waals surface area contributed by atoms with Gasteiger partial charge in [-0.1, -0.05) is 12.8 Å². The Morgan fingerprint density at radius 3 is 2.69 bits per heavy atom. The summed E-state index contributed by atoms with van der Waals surface area (Å²) in [6.45, 7) is 3.17. The van der Waals surface area contributed by atoms with E-state index in [2.05, 4.69) is 5.32 Å². The Labute approximate surface area is 80.7 Å². The van der Waals surface area contributed by atoms with Gasteiger partial charge in [0.05, 0.1) is 5.60 Å². The maximum Gasteiger partial charge on any atom is 0.0662 e. The van der Waals surface area contributed by atoms with Crippen molar-refractivity contribution in [3.05, 3.63) is 0 Å². The largest absolute Gasteiger partial charge is 0.390 e. The summed E-state index contributed by atoms with van der Waals surface area (Å²) in [5.74, 6) is 0.503. The highest BCUT2D eigenvalue weighted by Gasteiger charge is 2.39. The van der Waals surface area contributed by atoms with Crippen LogP contribution in [0.1, 0.15) is 45.4 Å². The molecule has 0 spiro atoms. The lowest BCUT2D eigenvalue weighted by Crippen LogP contribution is -2.47. The van der Waals surface area contributed by atoms with Crippen molar-refractivity contribution in [3.8, 4) is 0 Å². The summed E-state index contributed by atoms with van der Waals surface area (Å²) in [6.07, 6.45) is 7.27. The van der Waals surface area contributed by atoms with Gasteiger partial charge in [-0.3, -0.25) is 0 Å². The van der Waals surface area contributed by atoms with E-state index in [9.17, 15) is 5.11 Å².